The topological polar surface area (TPSA) is 13.1 Å². The van der Waals surface area contributed by atoms with Gasteiger partial charge in [0, 0.05) is 21.1 Å². The molecule has 1 aliphatic heterocycles. The van der Waals surface area contributed by atoms with Gasteiger partial charge in [-0.2, -0.15) is 0 Å². The number of nitrogens with zero attached hydrogens (tertiary/aromatic N) is 1. The molecule has 4 aromatic carbocycles. The van der Waals surface area contributed by atoms with Crippen LogP contribution in [-0.2, 0) is 13.5 Å². The van der Waals surface area contributed by atoms with Gasteiger partial charge in [-0.25, -0.2) is 4.57 Å². The molecule has 0 N–H and O–H groups in total. The first-order chi connectivity index (χ1) is 16.9. The fraction of sp³-hybridized carbons (Fsp3) is 0.258. The molecule has 0 aliphatic carbocycles. The molecule has 2 nitrogen and oxygen atoms in total. The molecular weight excluding hydrogens is 402 g/mol. The quantitative estimate of drug-likeness (QED) is 0.189. The number of aromatic nitrogens is 1. The molecule has 5 aromatic rings. The molecule has 2 heteroatoms. The van der Waals surface area contributed by atoms with E-state index in [1.54, 1.807) is 6.07 Å². The minimum atomic E-state index is -2.15. The van der Waals surface area contributed by atoms with Gasteiger partial charge >= 0.3 is 0 Å². The molecule has 0 saturated carbocycles. The number of ether oxygens (including phenoxy) is 1. The van der Waals surface area contributed by atoms with Gasteiger partial charge in [0.25, 0.3) is 0 Å². The van der Waals surface area contributed by atoms with E-state index in [4.69, 9.17) is 8.85 Å². The lowest BCUT2D eigenvalue weighted by Gasteiger charge is -2.28. The molecule has 0 fully saturated rings. The number of pyridine rings is 1. The highest BCUT2D eigenvalue weighted by Gasteiger charge is 2.34. The van der Waals surface area contributed by atoms with Crippen molar-refractivity contribution >= 4 is 32.3 Å². The third-order valence-electron chi connectivity index (χ3n) is 6.89. The molecule has 1 aromatic heterocycles. The van der Waals surface area contributed by atoms with Crippen LogP contribution in [0.1, 0.15) is 41.6 Å². The zero-order valence-electron chi connectivity index (χ0n) is 22.8. The highest BCUT2D eigenvalue weighted by molar-refractivity contribution is 6.16. The summed E-state index contributed by atoms with van der Waals surface area (Å²) in [6, 6.07) is 18.2. The van der Waals surface area contributed by atoms with Crippen molar-refractivity contribution in [3.63, 3.8) is 0 Å². The normalized spacial score (nSPS) is 14.6. The maximum atomic E-state index is 7.92. The number of benzene rings is 4. The van der Waals surface area contributed by atoms with Crippen molar-refractivity contribution in [3.8, 4) is 22.8 Å². The largest absolute Gasteiger partial charge is 0.455 e. The summed E-state index contributed by atoms with van der Waals surface area (Å²) in [5.41, 5.74) is 5.11. The Bertz CT molecular complexity index is 1730. The maximum absolute atomic E-state index is 7.92. The molecule has 0 amide bonds. The van der Waals surface area contributed by atoms with Crippen LogP contribution in [0.25, 0.3) is 43.6 Å². The zero-order valence-corrected chi connectivity index (χ0v) is 19.8. The molecule has 33 heavy (non-hydrogen) atoms. The Labute approximate surface area is 199 Å². The predicted molar refractivity (Wildman–Crippen MR) is 138 cm³/mol. The van der Waals surface area contributed by atoms with Crippen LogP contribution in [0.2, 0.25) is 0 Å². The van der Waals surface area contributed by atoms with Crippen LogP contribution in [0.4, 0.5) is 0 Å². The number of rotatable bonds is 1. The van der Waals surface area contributed by atoms with Crippen LogP contribution >= 0.6 is 0 Å². The fourth-order valence-corrected chi connectivity index (χ4v) is 5.50. The van der Waals surface area contributed by atoms with Gasteiger partial charge in [0.15, 0.2) is 6.20 Å². The number of hydrogen-bond donors (Lipinski definition) is 0. The van der Waals surface area contributed by atoms with E-state index in [2.05, 4.69) is 81.9 Å². The van der Waals surface area contributed by atoms with Crippen LogP contribution in [0.15, 0.2) is 60.8 Å². The molecule has 1 aliphatic rings. The van der Waals surface area contributed by atoms with E-state index in [-0.39, 0.29) is 5.41 Å². The van der Waals surface area contributed by atoms with Crippen molar-refractivity contribution in [2.45, 2.75) is 41.0 Å². The molecular formula is C31H30NO+. The van der Waals surface area contributed by atoms with Gasteiger partial charge in [0.1, 0.15) is 18.5 Å². The number of hydrogen-bond acceptors (Lipinski definition) is 1. The van der Waals surface area contributed by atoms with E-state index in [1.807, 2.05) is 12.1 Å². The molecule has 0 radical (unpaired) electrons. The SMILES string of the molecule is [2H]C([2H])([2H])c1ccc2cc3c4c([n+](C)ccc4c2c1)-c1c(c(CC(C)(C)C)c2ccccc2c1C)O3. The Hall–Kier alpha value is -3.39. The minimum Gasteiger partial charge on any atom is -0.455 e. The van der Waals surface area contributed by atoms with Crippen LogP contribution in [0.3, 0.4) is 0 Å². The molecule has 0 atom stereocenters. The summed E-state index contributed by atoms with van der Waals surface area (Å²) in [5, 5.41) is 6.43. The number of aryl methyl sites for hydroxylation is 3. The van der Waals surface area contributed by atoms with Crippen molar-refractivity contribution in [3.05, 3.63) is 77.5 Å². The van der Waals surface area contributed by atoms with Crippen molar-refractivity contribution in [2.75, 3.05) is 0 Å². The molecule has 0 bridgehead atoms. The average Bonchev–Trinajstić information content (AvgIpc) is 2.81. The molecule has 164 valence electrons. The Kier molecular flexibility index (Phi) is 3.53. The summed E-state index contributed by atoms with van der Waals surface area (Å²) in [6.45, 7) is 6.83. The zero-order chi connectivity index (χ0) is 25.6. The van der Waals surface area contributed by atoms with Gasteiger partial charge in [-0.15, -0.1) is 0 Å². The van der Waals surface area contributed by atoms with Gasteiger partial charge in [0.05, 0.1) is 10.9 Å². The predicted octanol–water partition coefficient (Wildman–Crippen LogP) is 7.95. The van der Waals surface area contributed by atoms with Gasteiger partial charge in [-0.05, 0) is 58.8 Å². The smallest absolute Gasteiger partial charge is 0.228 e. The van der Waals surface area contributed by atoms with E-state index < -0.39 is 6.85 Å². The monoisotopic (exact) mass is 435 g/mol. The third kappa shape index (κ3) is 2.97. The standard InChI is InChI=1S/C31H30NO/c1-18-11-12-20-16-26-28-23(24(20)15-18)13-14-32(6)29(28)27-19(2)21-9-7-8-10-22(21)25(30(27)33-26)17-31(3,4)5/h7-16H,17H2,1-6H3/q+1/i1D3. The van der Waals surface area contributed by atoms with Crippen LogP contribution in [-0.4, -0.2) is 0 Å². The second-order valence-electron chi connectivity index (χ2n) is 10.6. The molecule has 0 unspecified atom stereocenters. The van der Waals surface area contributed by atoms with Gasteiger partial charge < -0.3 is 4.74 Å². The highest BCUT2D eigenvalue weighted by Crippen LogP contribution is 2.52. The fourth-order valence-electron chi connectivity index (χ4n) is 5.50. The summed E-state index contributed by atoms with van der Waals surface area (Å²) in [4.78, 5) is 0. The summed E-state index contributed by atoms with van der Waals surface area (Å²) >= 11 is 0. The van der Waals surface area contributed by atoms with Crippen LogP contribution in [0, 0.1) is 19.2 Å². The Morgan fingerprint density at radius 3 is 2.48 bits per heavy atom. The summed E-state index contributed by atoms with van der Waals surface area (Å²) in [6.07, 6.45) is 2.97. The van der Waals surface area contributed by atoms with E-state index in [9.17, 15) is 0 Å². The average molecular weight is 436 g/mol. The van der Waals surface area contributed by atoms with E-state index in [0.29, 0.717) is 5.56 Å². The van der Waals surface area contributed by atoms with Crippen molar-refractivity contribution in [2.24, 2.45) is 12.5 Å². The first kappa shape index (κ1) is 17.1. The van der Waals surface area contributed by atoms with Crippen molar-refractivity contribution in [1.29, 1.82) is 0 Å². The van der Waals surface area contributed by atoms with E-state index in [1.165, 1.54) is 21.9 Å². The van der Waals surface area contributed by atoms with Crippen LogP contribution < -0.4 is 9.30 Å². The lowest BCUT2D eigenvalue weighted by Crippen LogP contribution is -2.32. The summed E-state index contributed by atoms with van der Waals surface area (Å²) < 4.78 is 32.8. The molecule has 0 saturated heterocycles. The number of fused-ring (bicyclic) bond motifs is 5. The third-order valence-corrected chi connectivity index (χ3v) is 6.89. The van der Waals surface area contributed by atoms with E-state index >= 15 is 0 Å². The Morgan fingerprint density at radius 1 is 0.939 bits per heavy atom. The second kappa shape index (κ2) is 6.81. The minimum absolute atomic E-state index is 0.0820. The van der Waals surface area contributed by atoms with Gasteiger partial charge in [-0.1, -0.05) is 68.8 Å². The van der Waals surface area contributed by atoms with Gasteiger partial charge in [-0.3, -0.25) is 0 Å². The summed E-state index contributed by atoms with van der Waals surface area (Å²) in [5.74, 6) is 1.76. The van der Waals surface area contributed by atoms with Crippen molar-refractivity contribution in [1.82, 2.24) is 0 Å². The molecule has 2 heterocycles. The lowest BCUT2D eigenvalue weighted by atomic mass is 9.81. The lowest BCUT2D eigenvalue weighted by molar-refractivity contribution is -0.659. The molecule has 6 rings (SSSR count). The van der Waals surface area contributed by atoms with E-state index in [0.717, 1.165) is 50.7 Å². The van der Waals surface area contributed by atoms with Crippen molar-refractivity contribution < 1.29 is 13.4 Å². The molecule has 0 spiro atoms. The Balaban J connectivity index is 1.77. The first-order valence-electron chi connectivity index (χ1n) is 13.1. The summed E-state index contributed by atoms with van der Waals surface area (Å²) in [7, 11) is 2.08. The first-order valence-corrected chi connectivity index (χ1v) is 11.6. The maximum Gasteiger partial charge on any atom is 0.228 e. The second-order valence-corrected chi connectivity index (χ2v) is 10.6. The van der Waals surface area contributed by atoms with Crippen LogP contribution in [0.5, 0.6) is 11.5 Å². The van der Waals surface area contributed by atoms with Gasteiger partial charge in [0.2, 0.25) is 5.69 Å². The Morgan fingerprint density at radius 2 is 1.73 bits per heavy atom. The highest BCUT2D eigenvalue weighted by atomic mass is 16.5.